The molecule has 0 radical (unpaired) electrons. The maximum absolute atomic E-state index is 12.8. The molecule has 4 rings (SSSR count). The Bertz CT molecular complexity index is 666. The largest absolute Gasteiger partial charge is 0.383 e. The van der Waals surface area contributed by atoms with Crippen molar-refractivity contribution < 1.29 is 4.79 Å². The number of hydrogen-bond donors (Lipinski definition) is 1. The number of aromatic nitrogens is 2. The van der Waals surface area contributed by atoms with E-state index in [1.807, 2.05) is 13.1 Å². The van der Waals surface area contributed by atoms with Crippen LogP contribution in [0.3, 0.4) is 0 Å². The van der Waals surface area contributed by atoms with Gasteiger partial charge in [-0.15, -0.1) is 0 Å². The fourth-order valence-corrected chi connectivity index (χ4v) is 4.76. The van der Waals surface area contributed by atoms with Gasteiger partial charge < -0.3 is 15.5 Å². The lowest BCUT2D eigenvalue weighted by Crippen LogP contribution is -2.51. The van der Waals surface area contributed by atoms with E-state index in [1.165, 1.54) is 12.8 Å². The molecule has 1 aromatic heterocycles. The Morgan fingerprint density at radius 1 is 1.07 bits per heavy atom. The summed E-state index contributed by atoms with van der Waals surface area (Å²) in [6, 6.07) is 0.568. The van der Waals surface area contributed by atoms with E-state index in [0.717, 1.165) is 76.5 Å². The van der Waals surface area contributed by atoms with Crippen LogP contribution in [-0.2, 0) is 4.79 Å². The molecule has 0 spiro atoms. The molecule has 2 N–H and O–H groups in total. The summed E-state index contributed by atoms with van der Waals surface area (Å²) in [5, 5.41) is 0. The van der Waals surface area contributed by atoms with E-state index in [2.05, 4.69) is 24.7 Å². The molecule has 1 amide bonds. The first-order valence-electron chi connectivity index (χ1n) is 10.5. The molecule has 3 aliphatic heterocycles. The molecule has 0 aliphatic carbocycles. The Labute approximate surface area is 161 Å². The zero-order chi connectivity index (χ0) is 18.8. The second kappa shape index (κ2) is 8.00. The zero-order valence-corrected chi connectivity index (χ0v) is 16.4. The van der Waals surface area contributed by atoms with Crippen LogP contribution in [0.15, 0.2) is 6.20 Å². The number of nitrogen functional groups attached to an aromatic ring is 1. The number of likely N-dealkylation sites (tertiary alicyclic amines) is 2. The van der Waals surface area contributed by atoms with E-state index >= 15 is 0 Å². The summed E-state index contributed by atoms with van der Waals surface area (Å²) in [6.45, 7) is 7.83. The first-order valence-corrected chi connectivity index (χ1v) is 10.5. The van der Waals surface area contributed by atoms with Crippen molar-refractivity contribution in [2.45, 2.75) is 51.5 Å². The summed E-state index contributed by atoms with van der Waals surface area (Å²) in [7, 11) is 0. The van der Waals surface area contributed by atoms with Crippen LogP contribution in [0.2, 0.25) is 0 Å². The predicted molar refractivity (Wildman–Crippen MR) is 107 cm³/mol. The molecule has 0 aromatic carbocycles. The Morgan fingerprint density at radius 2 is 1.81 bits per heavy atom. The molecule has 148 valence electrons. The molecular formula is C20H32N6O. The lowest BCUT2D eigenvalue weighted by molar-refractivity contribution is -0.136. The van der Waals surface area contributed by atoms with Crippen molar-refractivity contribution in [2.75, 3.05) is 49.9 Å². The number of rotatable bonds is 3. The summed E-state index contributed by atoms with van der Waals surface area (Å²) in [4.78, 5) is 28.6. The standard InChI is InChI=1S/C20H32N6O/c1-15-13-22-20(23-18(15)21)25-11-6-17(7-12-25)26-10-4-5-16(14-26)19(27)24-8-2-3-9-24/h13,16-17H,2-12,14H2,1H3,(H2,21,22,23). The fourth-order valence-electron chi connectivity index (χ4n) is 4.76. The van der Waals surface area contributed by atoms with Crippen LogP contribution >= 0.6 is 0 Å². The Hall–Kier alpha value is -1.89. The van der Waals surface area contributed by atoms with Crippen LogP contribution in [0.1, 0.15) is 44.1 Å². The van der Waals surface area contributed by atoms with E-state index in [-0.39, 0.29) is 5.92 Å². The van der Waals surface area contributed by atoms with Gasteiger partial charge in [0.25, 0.3) is 0 Å². The van der Waals surface area contributed by atoms with E-state index in [0.29, 0.717) is 17.8 Å². The number of nitrogens with two attached hydrogens (primary N) is 1. The minimum atomic E-state index is 0.204. The molecule has 27 heavy (non-hydrogen) atoms. The minimum absolute atomic E-state index is 0.204. The van der Waals surface area contributed by atoms with E-state index in [1.54, 1.807) is 0 Å². The first-order chi connectivity index (χ1) is 13.1. The zero-order valence-electron chi connectivity index (χ0n) is 16.4. The number of anilines is 2. The van der Waals surface area contributed by atoms with Gasteiger partial charge in [0, 0.05) is 50.5 Å². The summed E-state index contributed by atoms with van der Waals surface area (Å²) in [5.41, 5.74) is 6.87. The third-order valence-electron chi connectivity index (χ3n) is 6.48. The van der Waals surface area contributed by atoms with Crippen LogP contribution < -0.4 is 10.6 Å². The lowest BCUT2D eigenvalue weighted by atomic mass is 9.93. The van der Waals surface area contributed by atoms with Crippen molar-refractivity contribution in [3.63, 3.8) is 0 Å². The molecule has 1 unspecified atom stereocenters. The summed E-state index contributed by atoms with van der Waals surface area (Å²) >= 11 is 0. The Morgan fingerprint density at radius 3 is 2.52 bits per heavy atom. The fraction of sp³-hybridized carbons (Fsp3) is 0.750. The summed E-state index contributed by atoms with van der Waals surface area (Å²) < 4.78 is 0. The number of hydrogen-bond acceptors (Lipinski definition) is 6. The smallest absolute Gasteiger partial charge is 0.227 e. The normalized spacial score (nSPS) is 25.1. The molecule has 3 fully saturated rings. The molecule has 3 saturated heterocycles. The van der Waals surface area contributed by atoms with Crippen LogP contribution in [-0.4, -0.2) is 71.0 Å². The van der Waals surface area contributed by atoms with Crippen molar-refractivity contribution in [3.05, 3.63) is 11.8 Å². The summed E-state index contributed by atoms with van der Waals surface area (Å²) in [5.74, 6) is 1.92. The third-order valence-corrected chi connectivity index (χ3v) is 6.48. The number of nitrogens with zero attached hydrogens (tertiary/aromatic N) is 5. The van der Waals surface area contributed by atoms with Crippen LogP contribution in [0.5, 0.6) is 0 Å². The quantitative estimate of drug-likeness (QED) is 0.870. The highest BCUT2D eigenvalue weighted by Gasteiger charge is 2.34. The van der Waals surface area contributed by atoms with Crippen molar-refractivity contribution in [1.82, 2.24) is 19.8 Å². The molecule has 0 bridgehead atoms. The second-order valence-electron chi connectivity index (χ2n) is 8.32. The lowest BCUT2D eigenvalue weighted by Gasteiger charge is -2.42. The minimum Gasteiger partial charge on any atom is -0.383 e. The van der Waals surface area contributed by atoms with E-state index in [9.17, 15) is 4.79 Å². The van der Waals surface area contributed by atoms with Gasteiger partial charge in [0.1, 0.15) is 5.82 Å². The second-order valence-corrected chi connectivity index (χ2v) is 8.32. The molecule has 3 aliphatic rings. The highest BCUT2D eigenvalue weighted by atomic mass is 16.2. The molecule has 7 nitrogen and oxygen atoms in total. The molecule has 1 atom stereocenters. The van der Waals surface area contributed by atoms with E-state index < -0.39 is 0 Å². The van der Waals surface area contributed by atoms with Gasteiger partial charge in [0.2, 0.25) is 11.9 Å². The monoisotopic (exact) mass is 372 g/mol. The number of carbonyl (C=O) groups excluding carboxylic acids is 1. The molecular weight excluding hydrogens is 340 g/mol. The topological polar surface area (TPSA) is 78.6 Å². The van der Waals surface area contributed by atoms with Gasteiger partial charge in [0.05, 0.1) is 5.92 Å². The third kappa shape index (κ3) is 4.03. The van der Waals surface area contributed by atoms with Crippen LogP contribution in [0.4, 0.5) is 11.8 Å². The van der Waals surface area contributed by atoms with Gasteiger partial charge >= 0.3 is 0 Å². The molecule has 1 aromatic rings. The van der Waals surface area contributed by atoms with Gasteiger partial charge in [-0.25, -0.2) is 4.98 Å². The van der Waals surface area contributed by atoms with Crippen LogP contribution in [0.25, 0.3) is 0 Å². The number of aryl methyl sites for hydroxylation is 1. The van der Waals surface area contributed by atoms with Crippen molar-refractivity contribution in [1.29, 1.82) is 0 Å². The van der Waals surface area contributed by atoms with Gasteiger partial charge in [-0.05, 0) is 52.0 Å². The summed E-state index contributed by atoms with van der Waals surface area (Å²) in [6.07, 6.45) is 8.55. The predicted octanol–water partition coefficient (Wildman–Crippen LogP) is 1.67. The number of piperidine rings is 2. The maximum atomic E-state index is 12.8. The van der Waals surface area contributed by atoms with E-state index in [4.69, 9.17) is 5.73 Å². The first kappa shape index (κ1) is 18.5. The Balaban J connectivity index is 1.32. The van der Waals surface area contributed by atoms with Gasteiger partial charge in [-0.1, -0.05) is 0 Å². The average Bonchev–Trinajstić information content (AvgIpc) is 3.25. The van der Waals surface area contributed by atoms with Crippen molar-refractivity contribution in [2.24, 2.45) is 5.92 Å². The maximum Gasteiger partial charge on any atom is 0.227 e. The highest BCUT2D eigenvalue weighted by molar-refractivity contribution is 5.79. The SMILES string of the molecule is Cc1cnc(N2CCC(N3CCCC(C(=O)N4CCCC4)C3)CC2)nc1N. The van der Waals surface area contributed by atoms with Gasteiger partial charge in [-0.2, -0.15) is 4.98 Å². The van der Waals surface area contributed by atoms with Gasteiger partial charge in [-0.3, -0.25) is 9.69 Å². The number of carbonyl (C=O) groups is 1. The molecule has 0 saturated carbocycles. The van der Waals surface area contributed by atoms with Crippen LogP contribution in [0, 0.1) is 12.8 Å². The van der Waals surface area contributed by atoms with Crippen molar-refractivity contribution >= 4 is 17.7 Å². The Kier molecular flexibility index (Phi) is 5.48. The average molecular weight is 373 g/mol. The molecule has 4 heterocycles. The molecule has 7 heteroatoms. The number of amides is 1. The van der Waals surface area contributed by atoms with Crippen molar-refractivity contribution in [3.8, 4) is 0 Å². The highest BCUT2D eigenvalue weighted by Crippen LogP contribution is 2.27. The van der Waals surface area contributed by atoms with Gasteiger partial charge in [0.15, 0.2) is 0 Å².